The lowest BCUT2D eigenvalue weighted by Gasteiger charge is -2.25. The number of ether oxygens (including phenoxy) is 1. The Kier molecular flexibility index (Phi) is 4.53. The summed E-state index contributed by atoms with van der Waals surface area (Å²) in [5, 5.41) is 0. The summed E-state index contributed by atoms with van der Waals surface area (Å²) in [4.78, 5) is 12.2. The third-order valence-electron chi connectivity index (χ3n) is 3.80. The second kappa shape index (κ2) is 6.15. The van der Waals surface area contributed by atoms with Gasteiger partial charge in [0.2, 0.25) is 0 Å². The number of hydrogen-bond donors (Lipinski definition) is 1. The molecule has 19 heavy (non-hydrogen) atoms. The van der Waals surface area contributed by atoms with Crippen molar-refractivity contribution in [3.8, 4) is 5.75 Å². The first-order chi connectivity index (χ1) is 9.11. The van der Waals surface area contributed by atoms with Crippen LogP contribution in [0.5, 0.6) is 5.75 Å². The molecule has 0 aliphatic heterocycles. The van der Waals surface area contributed by atoms with E-state index in [4.69, 9.17) is 10.5 Å². The number of rotatable bonds is 4. The summed E-state index contributed by atoms with van der Waals surface area (Å²) in [5.41, 5.74) is 6.29. The van der Waals surface area contributed by atoms with Gasteiger partial charge in [0, 0.05) is 18.4 Å². The second-order valence-electron chi connectivity index (χ2n) is 5.20. The molecule has 0 aromatic heterocycles. The zero-order valence-corrected chi connectivity index (χ0v) is 11.2. The SMILES string of the molecule is COc1cccc(CC(=O)C2CCCC(N)C2)c1F. The lowest BCUT2D eigenvalue weighted by Crippen LogP contribution is -2.32. The highest BCUT2D eigenvalue weighted by Gasteiger charge is 2.26. The number of carbonyl (C=O) groups excluding carboxylic acids is 1. The van der Waals surface area contributed by atoms with Crippen molar-refractivity contribution in [1.29, 1.82) is 0 Å². The van der Waals surface area contributed by atoms with Gasteiger partial charge in [0.05, 0.1) is 7.11 Å². The molecule has 1 fully saturated rings. The summed E-state index contributed by atoms with van der Waals surface area (Å²) in [6.07, 6.45) is 3.69. The zero-order chi connectivity index (χ0) is 13.8. The number of carbonyl (C=O) groups is 1. The maximum atomic E-state index is 14.0. The van der Waals surface area contributed by atoms with Crippen LogP contribution in [0.25, 0.3) is 0 Å². The normalized spacial score (nSPS) is 23.1. The molecule has 1 aliphatic carbocycles. The van der Waals surface area contributed by atoms with E-state index in [1.165, 1.54) is 7.11 Å². The molecule has 2 unspecified atom stereocenters. The molecular weight excluding hydrogens is 245 g/mol. The largest absolute Gasteiger partial charge is 0.494 e. The summed E-state index contributed by atoms with van der Waals surface area (Å²) < 4.78 is 18.9. The van der Waals surface area contributed by atoms with Gasteiger partial charge in [-0.2, -0.15) is 0 Å². The van der Waals surface area contributed by atoms with E-state index in [2.05, 4.69) is 0 Å². The minimum atomic E-state index is -0.432. The first-order valence-electron chi connectivity index (χ1n) is 6.71. The van der Waals surface area contributed by atoms with Crippen LogP contribution in [0.3, 0.4) is 0 Å². The minimum Gasteiger partial charge on any atom is -0.494 e. The predicted molar refractivity (Wildman–Crippen MR) is 71.6 cm³/mol. The maximum absolute atomic E-state index is 14.0. The van der Waals surface area contributed by atoms with Gasteiger partial charge < -0.3 is 10.5 Å². The fraction of sp³-hybridized carbons (Fsp3) is 0.533. The quantitative estimate of drug-likeness (QED) is 0.909. The molecule has 0 bridgehead atoms. The lowest BCUT2D eigenvalue weighted by atomic mass is 9.82. The molecule has 104 valence electrons. The Bertz CT molecular complexity index is 461. The molecule has 2 N–H and O–H groups in total. The van der Waals surface area contributed by atoms with Crippen LogP contribution in [-0.4, -0.2) is 18.9 Å². The Morgan fingerprint density at radius 1 is 1.47 bits per heavy atom. The standard InChI is InChI=1S/C15H20FNO2/c1-19-14-7-3-5-11(15(14)16)9-13(18)10-4-2-6-12(17)8-10/h3,5,7,10,12H,2,4,6,8-9,17H2,1H3. The molecule has 0 saturated heterocycles. The zero-order valence-electron chi connectivity index (χ0n) is 11.2. The third kappa shape index (κ3) is 3.32. The molecule has 0 radical (unpaired) electrons. The van der Waals surface area contributed by atoms with E-state index in [0.717, 1.165) is 25.7 Å². The minimum absolute atomic E-state index is 0.0191. The van der Waals surface area contributed by atoms with Crippen LogP contribution in [0.15, 0.2) is 18.2 Å². The molecule has 1 aromatic carbocycles. The van der Waals surface area contributed by atoms with Gasteiger partial charge in [-0.15, -0.1) is 0 Å². The number of methoxy groups -OCH3 is 1. The first kappa shape index (κ1) is 14.0. The van der Waals surface area contributed by atoms with Crippen molar-refractivity contribution in [2.75, 3.05) is 7.11 Å². The monoisotopic (exact) mass is 265 g/mol. The fourth-order valence-corrected chi connectivity index (χ4v) is 2.70. The molecule has 4 heteroatoms. The summed E-state index contributed by atoms with van der Waals surface area (Å²) >= 11 is 0. The molecular formula is C15H20FNO2. The van der Waals surface area contributed by atoms with E-state index in [0.29, 0.717) is 5.56 Å². The van der Waals surface area contributed by atoms with Crippen molar-refractivity contribution in [2.45, 2.75) is 38.1 Å². The third-order valence-corrected chi connectivity index (χ3v) is 3.80. The van der Waals surface area contributed by atoms with Crippen LogP contribution < -0.4 is 10.5 Å². The predicted octanol–water partition coefficient (Wildman–Crippen LogP) is 2.46. The summed E-state index contributed by atoms with van der Waals surface area (Å²) in [6, 6.07) is 5.01. The van der Waals surface area contributed by atoms with Crippen molar-refractivity contribution in [2.24, 2.45) is 11.7 Å². The Morgan fingerprint density at radius 3 is 2.95 bits per heavy atom. The van der Waals surface area contributed by atoms with E-state index in [-0.39, 0.29) is 29.9 Å². The molecule has 1 aromatic rings. The Balaban J connectivity index is 2.06. The number of halogens is 1. The number of hydrogen-bond acceptors (Lipinski definition) is 3. The Labute approximate surface area is 112 Å². The Hall–Kier alpha value is -1.42. The molecule has 2 atom stereocenters. The van der Waals surface area contributed by atoms with Gasteiger partial charge in [-0.05, 0) is 30.9 Å². The van der Waals surface area contributed by atoms with Gasteiger partial charge in [0.25, 0.3) is 0 Å². The molecule has 1 saturated carbocycles. The van der Waals surface area contributed by atoms with Gasteiger partial charge in [-0.3, -0.25) is 4.79 Å². The van der Waals surface area contributed by atoms with Crippen molar-refractivity contribution >= 4 is 5.78 Å². The highest BCUT2D eigenvalue weighted by atomic mass is 19.1. The summed E-state index contributed by atoms with van der Waals surface area (Å²) in [7, 11) is 1.42. The maximum Gasteiger partial charge on any atom is 0.168 e. The number of Topliss-reactive ketones (excluding diaryl/α,β-unsaturated/α-hetero) is 1. The molecule has 0 spiro atoms. The highest BCUT2D eigenvalue weighted by molar-refractivity contribution is 5.83. The molecule has 0 amide bonds. The Morgan fingerprint density at radius 2 is 2.26 bits per heavy atom. The van der Waals surface area contributed by atoms with Gasteiger partial charge in [0.15, 0.2) is 11.6 Å². The van der Waals surface area contributed by atoms with Crippen LogP contribution in [-0.2, 0) is 11.2 Å². The van der Waals surface area contributed by atoms with Crippen molar-refractivity contribution in [3.05, 3.63) is 29.6 Å². The van der Waals surface area contributed by atoms with Crippen LogP contribution in [0.2, 0.25) is 0 Å². The molecule has 1 aliphatic rings. The van der Waals surface area contributed by atoms with E-state index < -0.39 is 5.82 Å². The molecule has 0 heterocycles. The van der Waals surface area contributed by atoms with Gasteiger partial charge in [-0.25, -0.2) is 4.39 Å². The average Bonchev–Trinajstić information content (AvgIpc) is 2.41. The van der Waals surface area contributed by atoms with Crippen LogP contribution in [0.4, 0.5) is 4.39 Å². The number of benzene rings is 1. The van der Waals surface area contributed by atoms with Crippen LogP contribution >= 0.6 is 0 Å². The summed E-state index contributed by atoms with van der Waals surface area (Å²) in [5.74, 6) is -0.180. The van der Waals surface area contributed by atoms with Crippen molar-refractivity contribution in [3.63, 3.8) is 0 Å². The van der Waals surface area contributed by atoms with Gasteiger partial charge >= 0.3 is 0 Å². The van der Waals surface area contributed by atoms with Gasteiger partial charge in [-0.1, -0.05) is 18.6 Å². The van der Waals surface area contributed by atoms with Crippen LogP contribution in [0, 0.1) is 11.7 Å². The number of nitrogens with two attached hydrogens (primary N) is 1. The number of ketones is 1. The average molecular weight is 265 g/mol. The van der Waals surface area contributed by atoms with Crippen molar-refractivity contribution in [1.82, 2.24) is 0 Å². The smallest absolute Gasteiger partial charge is 0.168 e. The summed E-state index contributed by atoms with van der Waals surface area (Å²) in [6.45, 7) is 0. The van der Waals surface area contributed by atoms with Crippen LogP contribution in [0.1, 0.15) is 31.2 Å². The molecule has 3 nitrogen and oxygen atoms in total. The van der Waals surface area contributed by atoms with E-state index in [1.54, 1.807) is 18.2 Å². The van der Waals surface area contributed by atoms with Gasteiger partial charge in [0.1, 0.15) is 5.78 Å². The lowest BCUT2D eigenvalue weighted by molar-refractivity contribution is -0.123. The van der Waals surface area contributed by atoms with E-state index >= 15 is 0 Å². The first-order valence-corrected chi connectivity index (χ1v) is 6.71. The van der Waals surface area contributed by atoms with E-state index in [1.807, 2.05) is 0 Å². The van der Waals surface area contributed by atoms with E-state index in [9.17, 15) is 9.18 Å². The molecule has 2 rings (SSSR count). The fourth-order valence-electron chi connectivity index (χ4n) is 2.70. The van der Waals surface area contributed by atoms with Crippen molar-refractivity contribution < 1.29 is 13.9 Å². The topological polar surface area (TPSA) is 52.3 Å². The highest BCUT2D eigenvalue weighted by Crippen LogP contribution is 2.27. The second-order valence-corrected chi connectivity index (χ2v) is 5.20.